The van der Waals surface area contributed by atoms with Crippen molar-refractivity contribution in [2.45, 2.75) is 71.2 Å². The number of esters is 1. The van der Waals surface area contributed by atoms with Gasteiger partial charge in [0.05, 0.1) is 5.60 Å². The molecule has 21 heavy (non-hydrogen) atoms. The topological polar surface area (TPSA) is 55.8 Å². The number of hydrogen-bond donors (Lipinski definition) is 1. The Labute approximate surface area is 126 Å². The normalized spacial score (nSPS) is 46.1. The van der Waals surface area contributed by atoms with Crippen LogP contribution in [0.5, 0.6) is 0 Å². The highest BCUT2D eigenvalue weighted by Gasteiger charge is 2.65. The summed E-state index contributed by atoms with van der Waals surface area (Å²) in [5.41, 5.74) is 0.588. The molecule has 4 atom stereocenters. The Bertz CT molecular complexity index is 511. The highest BCUT2D eigenvalue weighted by Crippen LogP contribution is 2.62. The molecule has 4 nitrogen and oxygen atoms in total. The van der Waals surface area contributed by atoms with Gasteiger partial charge in [0.25, 0.3) is 0 Å². The maximum Gasteiger partial charge on any atom is 0.336 e. The SMILES string of the molecule is CCO[C@]12C[C@]3(O)CCC[C@@H](C)[C@]3(C)CC1=C(C)C(=O)O2. The van der Waals surface area contributed by atoms with Gasteiger partial charge in [-0.3, -0.25) is 0 Å². The molecular weight excluding hydrogens is 268 g/mol. The zero-order valence-electron chi connectivity index (χ0n) is 13.5. The van der Waals surface area contributed by atoms with Crippen molar-refractivity contribution in [3.8, 4) is 0 Å². The summed E-state index contributed by atoms with van der Waals surface area (Å²) in [7, 11) is 0. The summed E-state index contributed by atoms with van der Waals surface area (Å²) in [6.45, 7) is 8.56. The second-order valence-electron chi connectivity index (χ2n) is 7.27. The van der Waals surface area contributed by atoms with Crippen LogP contribution < -0.4 is 0 Å². The molecule has 3 aliphatic rings. The first-order valence-electron chi connectivity index (χ1n) is 8.08. The first-order chi connectivity index (χ1) is 9.78. The summed E-state index contributed by atoms with van der Waals surface area (Å²) in [5.74, 6) is -0.898. The predicted octanol–water partition coefficient (Wildman–Crippen LogP) is 2.94. The van der Waals surface area contributed by atoms with Crippen LogP contribution in [-0.4, -0.2) is 29.1 Å². The zero-order valence-corrected chi connectivity index (χ0v) is 13.5. The van der Waals surface area contributed by atoms with E-state index in [0.717, 1.165) is 24.8 Å². The minimum absolute atomic E-state index is 0.212. The van der Waals surface area contributed by atoms with Gasteiger partial charge in [-0.25, -0.2) is 4.79 Å². The Morgan fingerprint density at radius 2 is 2.19 bits per heavy atom. The first-order valence-corrected chi connectivity index (χ1v) is 8.08. The number of fused-ring (bicyclic) bond motifs is 2. The molecule has 0 aromatic carbocycles. The first kappa shape index (κ1) is 15.0. The minimum atomic E-state index is -1.03. The van der Waals surface area contributed by atoms with E-state index in [1.54, 1.807) is 0 Å². The Morgan fingerprint density at radius 3 is 2.86 bits per heavy atom. The molecule has 2 aliphatic carbocycles. The summed E-state index contributed by atoms with van der Waals surface area (Å²) >= 11 is 0. The molecule has 0 aromatic rings. The lowest BCUT2D eigenvalue weighted by atomic mass is 9.51. The number of aliphatic hydroxyl groups is 1. The number of ether oxygens (including phenoxy) is 2. The van der Waals surface area contributed by atoms with Crippen LogP contribution >= 0.6 is 0 Å². The zero-order chi connectivity index (χ0) is 15.5. The van der Waals surface area contributed by atoms with Gasteiger partial charge in [-0.05, 0) is 39.0 Å². The fourth-order valence-corrected chi connectivity index (χ4v) is 4.65. The van der Waals surface area contributed by atoms with Crippen molar-refractivity contribution in [2.75, 3.05) is 6.61 Å². The Hall–Kier alpha value is -0.870. The summed E-state index contributed by atoms with van der Waals surface area (Å²) in [5, 5.41) is 11.3. The lowest BCUT2D eigenvalue weighted by Gasteiger charge is -2.58. The van der Waals surface area contributed by atoms with Gasteiger partial charge in [-0.1, -0.05) is 20.3 Å². The summed E-state index contributed by atoms with van der Waals surface area (Å²) < 4.78 is 11.5. The van der Waals surface area contributed by atoms with Gasteiger partial charge < -0.3 is 14.6 Å². The van der Waals surface area contributed by atoms with E-state index < -0.39 is 11.4 Å². The van der Waals surface area contributed by atoms with Crippen molar-refractivity contribution in [1.82, 2.24) is 0 Å². The molecule has 1 aliphatic heterocycles. The Balaban J connectivity index is 2.09. The maximum atomic E-state index is 12.1. The minimum Gasteiger partial charge on any atom is -0.425 e. The molecule has 1 N–H and O–H groups in total. The van der Waals surface area contributed by atoms with Gasteiger partial charge in [0.15, 0.2) is 0 Å². The monoisotopic (exact) mass is 294 g/mol. The van der Waals surface area contributed by atoms with Crippen LogP contribution in [0.15, 0.2) is 11.1 Å². The van der Waals surface area contributed by atoms with Gasteiger partial charge in [0.1, 0.15) is 0 Å². The lowest BCUT2D eigenvalue weighted by molar-refractivity contribution is -0.263. The van der Waals surface area contributed by atoms with Gasteiger partial charge in [0, 0.05) is 29.6 Å². The average molecular weight is 294 g/mol. The number of carbonyl (C=O) groups excluding carboxylic acids is 1. The largest absolute Gasteiger partial charge is 0.425 e. The van der Waals surface area contributed by atoms with E-state index >= 15 is 0 Å². The smallest absolute Gasteiger partial charge is 0.336 e. The van der Waals surface area contributed by atoms with Crippen molar-refractivity contribution in [3.63, 3.8) is 0 Å². The molecule has 0 bridgehead atoms. The molecule has 1 heterocycles. The predicted molar refractivity (Wildman–Crippen MR) is 78.5 cm³/mol. The van der Waals surface area contributed by atoms with E-state index in [2.05, 4.69) is 13.8 Å². The molecule has 0 saturated heterocycles. The van der Waals surface area contributed by atoms with Crippen molar-refractivity contribution >= 4 is 5.97 Å². The molecule has 2 saturated carbocycles. The van der Waals surface area contributed by atoms with E-state index in [-0.39, 0.29) is 11.4 Å². The molecular formula is C17H26O4. The highest BCUT2D eigenvalue weighted by atomic mass is 16.7. The molecule has 4 heteroatoms. The average Bonchev–Trinajstić information content (AvgIpc) is 2.62. The van der Waals surface area contributed by atoms with E-state index in [0.29, 0.717) is 30.9 Å². The Morgan fingerprint density at radius 1 is 1.48 bits per heavy atom. The molecule has 0 amide bonds. The van der Waals surface area contributed by atoms with Crippen molar-refractivity contribution in [1.29, 1.82) is 0 Å². The van der Waals surface area contributed by atoms with Crippen LogP contribution in [-0.2, 0) is 14.3 Å². The van der Waals surface area contributed by atoms with E-state index in [4.69, 9.17) is 9.47 Å². The van der Waals surface area contributed by atoms with Gasteiger partial charge in [0.2, 0.25) is 5.79 Å². The van der Waals surface area contributed by atoms with E-state index in [1.807, 2.05) is 13.8 Å². The summed E-state index contributed by atoms with van der Waals surface area (Å²) in [6.07, 6.45) is 3.95. The highest BCUT2D eigenvalue weighted by molar-refractivity contribution is 5.92. The molecule has 3 rings (SSSR count). The molecule has 0 unspecified atom stereocenters. The van der Waals surface area contributed by atoms with Crippen molar-refractivity contribution in [3.05, 3.63) is 11.1 Å². The third-order valence-corrected chi connectivity index (χ3v) is 6.30. The third kappa shape index (κ3) is 1.85. The second-order valence-corrected chi connectivity index (χ2v) is 7.27. The van der Waals surface area contributed by atoms with Gasteiger partial charge in [-0.2, -0.15) is 0 Å². The van der Waals surface area contributed by atoms with Gasteiger partial charge in [-0.15, -0.1) is 0 Å². The van der Waals surface area contributed by atoms with Crippen LogP contribution in [0.1, 0.15) is 59.8 Å². The maximum absolute atomic E-state index is 12.1. The molecule has 118 valence electrons. The standard InChI is InChI=1S/C17H26O4/c1-5-20-17-10-16(19)8-6-7-11(2)15(16,4)9-13(17)12(3)14(18)21-17/h11,19H,5-10H2,1-4H3/t11-,15+,16-,17+/m1/s1. The number of rotatable bonds is 2. The van der Waals surface area contributed by atoms with Crippen LogP contribution in [0.4, 0.5) is 0 Å². The van der Waals surface area contributed by atoms with E-state index in [9.17, 15) is 9.90 Å². The number of hydrogen-bond acceptors (Lipinski definition) is 4. The molecule has 0 spiro atoms. The second kappa shape index (κ2) is 4.56. The third-order valence-electron chi connectivity index (χ3n) is 6.30. The molecule has 0 radical (unpaired) electrons. The fraction of sp³-hybridized carbons (Fsp3) is 0.824. The summed E-state index contributed by atoms with van der Waals surface area (Å²) in [4.78, 5) is 12.1. The van der Waals surface area contributed by atoms with Crippen LogP contribution in [0, 0.1) is 11.3 Å². The van der Waals surface area contributed by atoms with Gasteiger partial charge >= 0.3 is 5.97 Å². The van der Waals surface area contributed by atoms with Crippen molar-refractivity contribution in [2.24, 2.45) is 11.3 Å². The number of carbonyl (C=O) groups is 1. The van der Waals surface area contributed by atoms with Crippen LogP contribution in [0.2, 0.25) is 0 Å². The Kier molecular flexibility index (Phi) is 3.27. The molecule has 2 fully saturated rings. The fourth-order valence-electron chi connectivity index (χ4n) is 4.65. The summed E-state index contributed by atoms with van der Waals surface area (Å²) in [6, 6.07) is 0. The van der Waals surface area contributed by atoms with Crippen LogP contribution in [0.3, 0.4) is 0 Å². The quantitative estimate of drug-likeness (QED) is 0.796. The van der Waals surface area contributed by atoms with Crippen molar-refractivity contribution < 1.29 is 19.4 Å². The molecule has 0 aromatic heterocycles. The van der Waals surface area contributed by atoms with Crippen LogP contribution in [0.25, 0.3) is 0 Å². The van der Waals surface area contributed by atoms with E-state index in [1.165, 1.54) is 0 Å². The lowest BCUT2D eigenvalue weighted by Crippen LogP contribution is -2.62.